The van der Waals surface area contributed by atoms with Crippen molar-refractivity contribution >= 4 is 11.6 Å². The van der Waals surface area contributed by atoms with Crippen LogP contribution in [0.5, 0.6) is 17.2 Å². The standard InChI is InChI=1S/C19H20N2O4/c1-23-15-8-9-17(24-2)13(11-15)10-14(12-20)19(22)21-16-6-4-5-7-18(16)25-3/h4-9,11,14H,10H2,1-3H3,(H,21,22)/t14-/m1/s1. The van der Waals surface area contributed by atoms with E-state index in [2.05, 4.69) is 5.32 Å². The third kappa shape index (κ3) is 4.42. The van der Waals surface area contributed by atoms with E-state index < -0.39 is 11.8 Å². The highest BCUT2D eigenvalue weighted by Crippen LogP contribution is 2.28. The van der Waals surface area contributed by atoms with E-state index >= 15 is 0 Å². The number of carbonyl (C=O) groups is 1. The van der Waals surface area contributed by atoms with E-state index in [1.54, 1.807) is 56.7 Å². The summed E-state index contributed by atoms with van der Waals surface area (Å²) in [6.45, 7) is 0. The molecule has 0 aliphatic heterocycles. The second-order valence-electron chi connectivity index (χ2n) is 5.25. The number of hydrogen-bond donors (Lipinski definition) is 1. The van der Waals surface area contributed by atoms with Gasteiger partial charge in [0.05, 0.1) is 33.1 Å². The lowest BCUT2D eigenvalue weighted by molar-refractivity contribution is -0.118. The number of rotatable bonds is 7. The van der Waals surface area contributed by atoms with Crippen LogP contribution >= 0.6 is 0 Å². The quantitative estimate of drug-likeness (QED) is 0.838. The SMILES string of the molecule is COc1ccc(OC)c(C[C@H](C#N)C(=O)Nc2ccccc2OC)c1. The van der Waals surface area contributed by atoms with Crippen molar-refractivity contribution < 1.29 is 19.0 Å². The molecule has 0 radical (unpaired) electrons. The zero-order chi connectivity index (χ0) is 18.2. The zero-order valence-electron chi connectivity index (χ0n) is 14.4. The number of benzene rings is 2. The Bertz CT molecular complexity index is 783. The van der Waals surface area contributed by atoms with Crippen molar-refractivity contribution in [2.24, 2.45) is 5.92 Å². The molecule has 1 amide bonds. The predicted molar refractivity (Wildman–Crippen MR) is 94.0 cm³/mol. The maximum absolute atomic E-state index is 12.5. The first-order valence-electron chi connectivity index (χ1n) is 7.67. The molecule has 0 heterocycles. The summed E-state index contributed by atoms with van der Waals surface area (Å²) in [5.41, 5.74) is 1.25. The van der Waals surface area contributed by atoms with Crippen molar-refractivity contribution in [2.75, 3.05) is 26.6 Å². The first-order chi connectivity index (χ1) is 12.1. The summed E-state index contributed by atoms with van der Waals surface area (Å²) in [7, 11) is 4.62. The molecular formula is C19H20N2O4. The summed E-state index contributed by atoms with van der Waals surface area (Å²) in [6, 6.07) is 14.4. The van der Waals surface area contributed by atoms with E-state index in [-0.39, 0.29) is 6.42 Å². The molecule has 0 spiro atoms. The molecular weight excluding hydrogens is 320 g/mol. The van der Waals surface area contributed by atoms with Gasteiger partial charge in [0.15, 0.2) is 0 Å². The van der Waals surface area contributed by atoms with E-state index in [4.69, 9.17) is 14.2 Å². The Morgan fingerprint density at radius 2 is 1.80 bits per heavy atom. The van der Waals surface area contributed by atoms with Crippen molar-refractivity contribution in [1.29, 1.82) is 5.26 Å². The molecule has 0 aliphatic carbocycles. The fourth-order valence-corrected chi connectivity index (χ4v) is 2.43. The van der Waals surface area contributed by atoms with E-state index in [1.165, 1.54) is 7.11 Å². The van der Waals surface area contributed by atoms with Crippen molar-refractivity contribution in [1.82, 2.24) is 0 Å². The van der Waals surface area contributed by atoms with Crippen LogP contribution in [-0.4, -0.2) is 27.2 Å². The summed E-state index contributed by atoms with van der Waals surface area (Å²) in [4.78, 5) is 12.5. The number of nitrogens with zero attached hydrogens (tertiary/aromatic N) is 1. The number of carbonyl (C=O) groups excluding carboxylic acids is 1. The first kappa shape index (κ1) is 18.1. The number of nitrogens with one attached hydrogen (secondary N) is 1. The van der Waals surface area contributed by atoms with Crippen LogP contribution in [0.2, 0.25) is 0 Å². The van der Waals surface area contributed by atoms with Gasteiger partial charge in [-0.05, 0) is 35.9 Å². The Balaban J connectivity index is 2.20. The molecule has 2 aromatic carbocycles. The fraction of sp³-hybridized carbons (Fsp3) is 0.263. The lowest BCUT2D eigenvalue weighted by Gasteiger charge is -2.15. The van der Waals surface area contributed by atoms with Gasteiger partial charge >= 0.3 is 0 Å². The molecule has 0 fully saturated rings. The minimum atomic E-state index is -0.883. The third-order valence-corrected chi connectivity index (χ3v) is 3.75. The van der Waals surface area contributed by atoms with Gasteiger partial charge in [-0.3, -0.25) is 4.79 Å². The molecule has 0 saturated carbocycles. The van der Waals surface area contributed by atoms with Gasteiger partial charge in [0, 0.05) is 6.42 Å². The molecule has 0 saturated heterocycles. The van der Waals surface area contributed by atoms with Crippen LogP contribution in [0.4, 0.5) is 5.69 Å². The van der Waals surface area contributed by atoms with E-state index in [1.807, 2.05) is 6.07 Å². The minimum absolute atomic E-state index is 0.206. The Kier molecular flexibility index (Phi) is 6.24. The Morgan fingerprint density at radius 1 is 1.08 bits per heavy atom. The smallest absolute Gasteiger partial charge is 0.242 e. The Hall–Kier alpha value is -3.20. The van der Waals surface area contributed by atoms with Crippen molar-refractivity contribution in [2.45, 2.75) is 6.42 Å². The molecule has 0 aliphatic rings. The molecule has 2 rings (SSSR count). The lowest BCUT2D eigenvalue weighted by Crippen LogP contribution is -2.24. The van der Waals surface area contributed by atoms with Gasteiger partial charge in [-0.25, -0.2) is 0 Å². The lowest BCUT2D eigenvalue weighted by atomic mass is 9.98. The fourth-order valence-electron chi connectivity index (χ4n) is 2.43. The largest absolute Gasteiger partial charge is 0.497 e. The maximum Gasteiger partial charge on any atom is 0.242 e. The van der Waals surface area contributed by atoms with E-state index in [0.29, 0.717) is 22.9 Å². The second-order valence-corrected chi connectivity index (χ2v) is 5.25. The van der Waals surface area contributed by atoms with Crippen LogP contribution in [0.15, 0.2) is 42.5 Å². The van der Waals surface area contributed by atoms with Crippen molar-refractivity contribution in [3.63, 3.8) is 0 Å². The average molecular weight is 340 g/mol. The van der Waals surface area contributed by atoms with Gasteiger partial charge in [0.2, 0.25) is 5.91 Å². The number of amides is 1. The summed E-state index contributed by atoms with van der Waals surface area (Å²) < 4.78 is 15.7. The number of para-hydroxylation sites is 2. The normalized spacial score (nSPS) is 11.1. The van der Waals surface area contributed by atoms with Gasteiger partial charge < -0.3 is 19.5 Å². The van der Waals surface area contributed by atoms with Crippen LogP contribution in [0, 0.1) is 17.2 Å². The molecule has 130 valence electrons. The van der Waals surface area contributed by atoms with Gasteiger partial charge in [0.25, 0.3) is 0 Å². The number of hydrogen-bond acceptors (Lipinski definition) is 5. The monoisotopic (exact) mass is 340 g/mol. The Labute approximate surface area is 146 Å². The number of nitriles is 1. The zero-order valence-corrected chi connectivity index (χ0v) is 14.4. The molecule has 25 heavy (non-hydrogen) atoms. The molecule has 2 aromatic rings. The number of ether oxygens (including phenoxy) is 3. The topological polar surface area (TPSA) is 80.6 Å². The van der Waals surface area contributed by atoms with Crippen molar-refractivity contribution in [3.05, 3.63) is 48.0 Å². The van der Waals surface area contributed by atoms with Crippen LogP contribution < -0.4 is 19.5 Å². The van der Waals surface area contributed by atoms with Gasteiger partial charge in [-0.2, -0.15) is 5.26 Å². The summed E-state index contributed by atoms with van der Waals surface area (Å²) >= 11 is 0. The Morgan fingerprint density at radius 3 is 2.44 bits per heavy atom. The number of methoxy groups -OCH3 is 3. The summed E-state index contributed by atoms with van der Waals surface area (Å²) in [5.74, 6) is 0.484. The molecule has 0 bridgehead atoms. The maximum atomic E-state index is 12.5. The summed E-state index contributed by atoms with van der Waals surface area (Å²) in [5, 5.41) is 12.2. The van der Waals surface area contributed by atoms with E-state index in [9.17, 15) is 10.1 Å². The van der Waals surface area contributed by atoms with Crippen LogP contribution in [-0.2, 0) is 11.2 Å². The van der Waals surface area contributed by atoms with Gasteiger partial charge in [-0.1, -0.05) is 12.1 Å². The van der Waals surface area contributed by atoms with E-state index in [0.717, 1.165) is 5.56 Å². The molecule has 0 aromatic heterocycles. The molecule has 1 atom stereocenters. The average Bonchev–Trinajstić information content (AvgIpc) is 2.66. The highest BCUT2D eigenvalue weighted by atomic mass is 16.5. The minimum Gasteiger partial charge on any atom is -0.497 e. The molecule has 6 nitrogen and oxygen atoms in total. The first-order valence-corrected chi connectivity index (χ1v) is 7.67. The highest BCUT2D eigenvalue weighted by molar-refractivity contribution is 5.95. The second kappa shape index (κ2) is 8.60. The van der Waals surface area contributed by atoms with Crippen molar-refractivity contribution in [3.8, 4) is 23.3 Å². The molecule has 1 N–H and O–H groups in total. The molecule has 0 unspecified atom stereocenters. The highest BCUT2D eigenvalue weighted by Gasteiger charge is 2.22. The van der Waals surface area contributed by atoms with Crippen LogP contribution in [0.3, 0.4) is 0 Å². The van der Waals surface area contributed by atoms with Gasteiger partial charge in [-0.15, -0.1) is 0 Å². The number of anilines is 1. The predicted octanol–water partition coefficient (Wildman–Crippen LogP) is 3.03. The van der Waals surface area contributed by atoms with Crippen LogP contribution in [0.1, 0.15) is 5.56 Å². The van der Waals surface area contributed by atoms with Crippen LogP contribution in [0.25, 0.3) is 0 Å². The van der Waals surface area contributed by atoms with Gasteiger partial charge in [0.1, 0.15) is 23.2 Å². The summed E-state index contributed by atoms with van der Waals surface area (Å²) in [6.07, 6.45) is 0.206. The molecule has 6 heteroatoms. The third-order valence-electron chi connectivity index (χ3n) is 3.75.